The maximum Gasteiger partial charge on any atom is 0.0580 e. The summed E-state index contributed by atoms with van der Waals surface area (Å²) in [6, 6.07) is 0. The Kier molecular flexibility index (Phi) is 4.20. The van der Waals surface area contributed by atoms with Crippen LogP contribution in [0.3, 0.4) is 0 Å². The van der Waals surface area contributed by atoms with Gasteiger partial charge in [0, 0.05) is 0 Å². The third-order valence-electron chi connectivity index (χ3n) is 2.87. The summed E-state index contributed by atoms with van der Waals surface area (Å²) in [6.07, 6.45) is 4.94. The molecule has 0 radical (unpaired) electrons. The highest BCUT2D eigenvalue weighted by Gasteiger charge is 2.22. The summed E-state index contributed by atoms with van der Waals surface area (Å²) in [6.45, 7) is 6.24. The summed E-state index contributed by atoms with van der Waals surface area (Å²) in [5.74, 6) is 0.374. The largest absolute Gasteiger partial charge is 0.393 e. The van der Waals surface area contributed by atoms with Crippen LogP contribution in [0.5, 0.6) is 0 Å². The fourth-order valence-corrected chi connectivity index (χ4v) is 1.79. The summed E-state index contributed by atoms with van der Waals surface area (Å²) in [5, 5.41) is 9.60. The van der Waals surface area contributed by atoms with Crippen molar-refractivity contribution >= 4 is 0 Å². The van der Waals surface area contributed by atoms with Crippen LogP contribution in [0.1, 0.15) is 46.5 Å². The highest BCUT2D eigenvalue weighted by atomic mass is 16.5. The molecule has 0 aromatic rings. The van der Waals surface area contributed by atoms with Gasteiger partial charge in [0.15, 0.2) is 0 Å². The van der Waals surface area contributed by atoms with Gasteiger partial charge in [-0.3, -0.25) is 0 Å². The summed E-state index contributed by atoms with van der Waals surface area (Å²) < 4.78 is 5.68. The zero-order valence-corrected chi connectivity index (χ0v) is 8.99. The number of ether oxygens (including phenoxy) is 1. The third kappa shape index (κ3) is 3.65. The first-order chi connectivity index (χ1) is 6.09. The van der Waals surface area contributed by atoms with E-state index in [-0.39, 0.29) is 6.10 Å². The zero-order valence-electron chi connectivity index (χ0n) is 8.99. The van der Waals surface area contributed by atoms with Crippen molar-refractivity contribution in [3.63, 3.8) is 0 Å². The van der Waals surface area contributed by atoms with Crippen LogP contribution in [0.25, 0.3) is 0 Å². The molecule has 2 nitrogen and oxygen atoms in total. The van der Waals surface area contributed by atoms with Crippen LogP contribution in [0, 0.1) is 5.92 Å². The first-order valence-electron chi connectivity index (χ1n) is 5.43. The molecule has 0 aromatic heterocycles. The van der Waals surface area contributed by atoms with Gasteiger partial charge in [0.1, 0.15) is 0 Å². The summed E-state index contributed by atoms with van der Waals surface area (Å²) in [5.41, 5.74) is 0. The van der Waals surface area contributed by atoms with Gasteiger partial charge in [-0.25, -0.2) is 0 Å². The average Bonchev–Trinajstić information content (AvgIpc) is 2.47. The highest BCUT2D eigenvalue weighted by molar-refractivity contribution is 4.72. The normalized spacial score (nSPS) is 31.2. The van der Waals surface area contributed by atoms with Gasteiger partial charge < -0.3 is 9.84 Å². The van der Waals surface area contributed by atoms with Gasteiger partial charge in [-0.15, -0.1) is 0 Å². The molecular formula is C11H22O2. The molecule has 0 aliphatic carbocycles. The van der Waals surface area contributed by atoms with Crippen molar-refractivity contribution in [2.24, 2.45) is 5.92 Å². The molecule has 1 fully saturated rings. The van der Waals surface area contributed by atoms with Crippen LogP contribution in [0.2, 0.25) is 0 Å². The average molecular weight is 186 g/mol. The molecule has 1 aliphatic rings. The Morgan fingerprint density at radius 1 is 1.38 bits per heavy atom. The lowest BCUT2D eigenvalue weighted by Gasteiger charge is -2.17. The van der Waals surface area contributed by atoms with Crippen molar-refractivity contribution in [1.82, 2.24) is 0 Å². The number of rotatable bonds is 4. The van der Waals surface area contributed by atoms with E-state index >= 15 is 0 Å². The maximum absolute atomic E-state index is 9.60. The van der Waals surface area contributed by atoms with Crippen LogP contribution in [-0.2, 0) is 4.74 Å². The second kappa shape index (κ2) is 4.97. The van der Waals surface area contributed by atoms with Crippen LogP contribution in [0.15, 0.2) is 0 Å². The van der Waals surface area contributed by atoms with E-state index < -0.39 is 0 Å². The lowest BCUT2D eigenvalue weighted by molar-refractivity contribution is 0.0332. The summed E-state index contributed by atoms with van der Waals surface area (Å²) in [7, 11) is 0. The van der Waals surface area contributed by atoms with E-state index in [4.69, 9.17) is 4.74 Å². The minimum absolute atomic E-state index is 0.153. The van der Waals surface area contributed by atoms with Crippen molar-refractivity contribution in [3.8, 4) is 0 Å². The Bertz CT molecular complexity index is 145. The Balaban J connectivity index is 2.12. The highest BCUT2D eigenvalue weighted by Crippen LogP contribution is 2.23. The molecule has 1 aliphatic heterocycles. The van der Waals surface area contributed by atoms with Gasteiger partial charge in [-0.05, 0) is 38.5 Å². The van der Waals surface area contributed by atoms with Gasteiger partial charge in [0.05, 0.1) is 18.3 Å². The minimum Gasteiger partial charge on any atom is -0.393 e. The maximum atomic E-state index is 9.60. The lowest BCUT2D eigenvalue weighted by Crippen LogP contribution is -2.18. The predicted molar refractivity (Wildman–Crippen MR) is 53.6 cm³/mol. The Labute approximate surface area is 81.3 Å². The van der Waals surface area contributed by atoms with E-state index in [0.717, 1.165) is 12.8 Å². The second-order valence-corrected chi connectivity index (χ2v) is 4.53. The molecule has 3 atom stereocenters. The van der Waals surface area contributed by atoms with E-state index in [2.05, 4.69) is 20.8 Å². The summed E-state index contributed by atoms with van der Waals surface area (Å²) >= 11 is 0. The Hall–Kier alpha value is -0.0800. The monoisotopic (exact) mass is 186 g/mol. The molecule has 1 N–H and O–H groups in total. The van der Waals surface area contributed by atoms with Crippen molar-refractivity contribution in [2.45, 2.75) is 64.8 Å². The molecule has 13 heavy (non-hydrogen) atoms. The van der Waals surface area contributed by atoms with Crippen molar-refractivity contribution in [3.05, 3.63) is 0 Å². The van der Waals surface area contributed by atoms with Crippen LogP contribution < -0.4 is 0 Å². The molecule has 1 heterocycles. The van der Waals surface area contributed by atoms with E-state index in [1.54, 1.807) is 0 Å². The van der Waals surface area contributed by atoms with Crippen molar-refractivity contribution in [1.29, 1.82) is 0 Å². The zero-order chi connectivity index (χ0) is 9.84. The molecule has 0 spiro atoms. The number of hydrogen-bond acceptors (Lipinski definition) is 2. The first-order valence-corrected chi connectivity index (χ1v) is 5.43. The van der Waals surface area contributed by atoms with E-state index in [1.807, 2.05) is 0 Å². The molecule has 2 heteroatoms. The summed E-state index contributed by atoms with van der Waals surface area (Å²) in [4.78, 5) is 0. The minimum atomic E-state index is -0.153. The molecule has 0 aromatic carbocycles. The van der Waals surface area contributed by atoms with Gasteiger partial charge >= 0.3 is 0 Å². The quantitative estimate of drug-likeness (QED) is 0.730. The molecule has 0 bridgehead atoms. The standard InChI is InChI=1S/C11H22O2/c1-8(2)11(12)7-6-10-5-4-9(3)13-10/h8-12H,4-7H2,1-3H3. The lowest BCUT2D eigenvalue weighted by atomic mass is 10.00. The number of aliphatic hydroxyl groups is 1. The van der Waals surface area contributed by atoms with E-state index in [9.17, 15) is 5.11 Å². The van der Waals surface area contributed by atoms with E-state index in [0.29, 0.717) is 18.1 Å². The first kappa shape index (κ1) is 11.0. The molecule has 0 saturated carbocycles. The molecule has 3 unspecified atom stereocenters. The molecule has 0 amide bonds. The molecule has 1 rings (SSSR count). The van der Waals surface area contributed by atoms with Gasteiger partial charge in [-0.2, -0.15) is 0 Å². The van der Waals surface area contributed by atoms with Crippen molar-refractivity contribution in [2.75, 3.05) is 0 Å². The number of hydrogen-bond donors (Lipinski definition) is 1. The SMILES string of the molecule is CC1CCC(CCC(O)C(C)C)O1. The molecular weight excluding hydrogens is 164 g/mol. The topological polar surface area (TPSA) is 29.5 Å². The molecule has 78 valence electrons. The third-order valence-corrected chi connectivity index (χ3v) is 2.87. The van der Waals surface area contributed by atoms with Crippen LogP contribution in [-0.4, -0.2) is 23.4 Å². The van der Waals surface area contributed by atoms with Gasteiger partial charge in [0.2, 0.25) is 0 Å². The van der Waals surface area contributed by atoms with Gasteiger partial charge in [-0.1, -0.05) is 13.8 Å². The van der Waals surface area contributed by atoms with Crippen LogP contribution >= 0.6 is 0 Å². The number of aliphatic hydroxyl groups excluding tert-OH is 1. The van der Waals surface area contributed by atoms with E-state index in [1.165, 1.54) is 12.8 Å². The van der Waals surface area contributed by atoms with Crippen LogP contribution in [0.4, 0.5) is 0 Å². The van der Waals surface area contributed by atoms with Crippen molar-refractivity contribution < 1.29 is 9.84 Å². The predicted octanol–water partition coefficient (Wildman–Crippen LogP) is 2.35. The Morgan fingerprint density at radius 3 is 2.54 bits per heavy atom. The molecule has 1 saturated heterocycles. The smallest absolute Gasteiger partial charge is 0.0580 e. The van der Waals surface area contributed by atoms with Gasteiger partial charge in [0.25, 0.3) is 0 Å². The fraction of sp³-hybridized carbons (Fsp3) is 1.00. The Morgan fingerprint density at radius 2 is 2.08 bits per heavy atom. The fourth-order valence-electron chi connectivity index (χ4n) is 1.79. The second-order valence-electron chi connectivity index (χ2n) is 4.53.